The van der Waals surface area contributed by atoms with Gasteiger partial charge < -0.3 is 15.7 Å². The number of nitrogens with one attached hydrogen (secondary N) is 2. The van der Waals surface area contributed by atoms with Crippen LogP contribution < -0.4 is 10.6 Å². The van der Waals surface area contributed by atoms with Gasteiger partial charge in [-0.25, -0.2) is 4.79 Å². The van der Waals surface area contributed by atoms with Gasteiger partial charge in [-0.2, -0.15) is 0 Å². The second kappa shape index (κ2) is 9.10. The predicted molar refractivity (Wildman–Crippen MR) is 116 cm³/mol. The summed E-state index contributed by atoms with van der Waals surface area (Å²) in [7, 11) is 0. The predicted octanol–water partition coefficient (Wildman–Crippen LogP) is 4.85. The van der Waals surface area contributed by atoms with E-state index in [2.05, 4.69) is 10.6 Å². The van der Waals surface area contributed by atoms with Crippen LogP contribution in [0.15, 0.2) is 60.7 Å². The molecule has 3 N–H and O–H groups in total. The third kappa shape index (κ3) is 4.79. The molecule has 0 aliphatic rings. The van der Waals surface area contributed by atoms with Crippen molar-refractivity contribution in [2.24, 2.45) is 0 Å². The highest BCUT2D eigenvalue weighted by Gasteiger charge is 2.29. The lowest BCUT2D eigenvalue weighted by Gasteiger charge is -2.11. The molecule has 0 saturated carbocycles. The number of nitro benzene ring substituents is 2. The van der Waals surface area contributed by atoms with Crippen molar-refractivity contribution in [2.45, 2.75) is 0 Å². The van der Waals surface area contributed by atoms with Crippen LogP contribution in [-0.4, -0.2) is 26.8 Å². The van der Waals surface area contributed by atoms with E-state index in [1.807, 2.05) is 0 Å². The normalized spacial score (nSPS) is 10.3. The minimum Gasteiger partial charge on any atom is -0.478 e. The molecule has 12 heteroatoms. The molecule has 162 valence electrons. The molecule has 0 saturated heterocycles. The van der Waals surface area contributed by atoms with Gasteiger partial charge in [-0.1, -0.05) is 29.8 Å². The third-order valence-electron chi connectivity index (χ3n) is 4.25. The Morgan fingerprint density at radius 3 is 2.06 bits per heavy atom. The lowest BCUT2D eigenvalue weighted by atomic mass is 10.1. The number of aromatic carboxylic acids is 1. The molecule has 1 amide bonds. The van der Waals surface area contributed by atoms with Gasteiger partial charge in [0.05, 0.1) is 31.7 Å². The van der Waals surface area contributed by atoms with Crippen LogP contribution in [0.25, 0.3) is 0 Å². The Balaban J connectivity index is 2.04. The number of benzene rings is 3. The SMILES string of the molecule is O=C(O)c1cccc(NC(=O)c2cc([N+](=O)[O-])c(Nc3ccccc3Cl)c([N+](=O)[O-])c2)c1. The first-order valence-corrected chi connectivity index (χ1v) is 9.18. The molecule has 3 aromatic rings. The van der Waals surface area contributed by atoms with Crippen molar-refractivity contribution in [1.82, 2.24) is 0 Å². The van der Waals surface area contributed by atoms with Gasteiger partial charge in [0.15, 0.2) is 5.69 Å². The van der Waals surface area contributed by atoms with E-state index in [1.54, 1.807) is 12.1 Å². The van der Waals surface area contributed by atoms with Crippen LogP contribution in [0, 0.1) is 20.2 Å². The summed E-state index contributed by atoms with van der Waals surface area (Å²) in [4.78, 5) is 45.2. The highest BCUT2D eigenvalue weighted by atomic mass is 35.5. The molecule has 0 fully saturated rings. The zero-order chi connectivity index (χ0) is 23.4. The largest absolute Gasteiger partial charge is 0.478 e. The Kier molecular flexibility index (Phi) is 6.31. The quantitative estimate of drug-likeness (QED) is 0.335. The van der Waals surface area contributed by atoms with Crippen molar-refractivity contribution in [3.63, 3.8) is 0 Å². The number of anilines is 3. The number of halogens is 1. The highest BCUT2D eigenvalue weighted by Crippen LogP contribution is 2.39. The number of para-hydroxylation sites is 1. The van der Waals surface area contributed by atoms with Gasteiger partial charge in [0.25, 0.3) is 5.91 Å². The monoisotopic (exact) mass is 456 g/mol. The number of hydrogen-bond acceptors (Lipinski definition) is 7. The number of rotatable bonds is 7. The van der Waals surface area contributed by atoms with Crippen molar-refractivity contribution >= 4 is 51.9 Å². The van der Waals surface area contributed by atoms with Gasteiger partial charge in [-0.15, -0.1) is 0 Å². The van der Waals surface area contributed by atoms with E-state index in [4.69, 9.17) is 16.7 Å². The molecule has 0 aliphatic heterocycles. The Morgan fingerprint density at radius 2 is 1.50 bits per heavy atom. The first-order valence-electron chi connectivity index (χ1n) is 8.80. The van der Waals surface area contributed by atoms with Crippen LogP contribution in [0.2, 0.25) is 5.02 Å². The second-order valence-electron chi connectivity index (χ2n) is 6.35. The Morgan fingerprint density at radius 1 is 0.875 bits per heavy atom. The standard InChI is InChI=1S/C20H13ClN4O7/c21-14-6-1-2-7-15(14)23-18-16(24(29)30)9-12(10-17(18)25(31)32)19(26)22-13-5-3-4-11(8-13)20(27)28/h1-10,23H,(H,22,26)(H,27,28). The van der Waals surface area contributed by atoms with E-state index < -0.39 is 38.8 Å². The Bertz CT molecular complexity index is 1230. The third-order valence-corrected chi connectivity index (χ3v) is 4.58. The fraction of sp³-hybridized carbons (Fsp3) is 0. The summed E-state index contributed by atoms with van der Waals surface area (Å²) in [6.07, 6.45) is 0. The molecule has 0 radical (unpaired) electrons. The summed E-state index contributed by atoms with van der Waals surface area (Å²) in [5.74, 6) is -2.12. The van der Waals surface area contributed by atoms with E-state index >= 15 is 0 Å². The van der Waals surface area contributed by atoms with Gasteiger partial charge in [0, 0.05) is 17.8 Å². The van der Waals surface area contributed by atoms with Crippen molar-refractivity contribution in [3.05, 3.63) is 97.0 Å². The van der Waals surface area contributed by atoms with Crippen LogP contribution >= 0.6 is 11.6 Å². The van der Waals surface area contributed by atoms with Crippen molar-refractivity contribution in [1.29, 1.82) is 0 Å². The first kappa shape index (κ1) is 22.2. The number of nitrogens with zero attached hydrogens (tertiary/aromatic N) is 2. The van der Waals surface area contributed by atoms with Crippen LogP contribution in [0.4, 0.5) is 28.4 Å². The van der Waals surface area contributed by atoms with Crippen molar-refractivity contribution in [2.75, 3.05) is 10.6 Å². The van der Waals surface area contributed by atoms with Gasteiger partial charge in [-0.3, -0.25) is 25.0 Å². The molecule has 32 heavy (non-hydrogen) atoms. The summed E-state index contributed by atoms with van der Waals surface area (Å²) in [5, 5.41) is 37.5. The fourth-order valence-corrected chi connectivity index (χ4v) is 2.97. The number of carbonyl (C=O) groups excluding carboxylic acids is 1. The number of carbonyl (C=O) groups is 2. The van der Waals surface area contributed by atoms with E-state index in [1.165, 1.54) is 36.4 Å². The van der Waals surface area contributed by atoms with Gasteiger partial charge in [0.2, 0.25) is 0 Å². The fourth-order valence-electron chi connectivity index (χ4n) is 2.79. The highest BCUT2D eigenvalue weighted by molar-refractivity contribution is 6.33. The molecular formula is C20H13ClN4O7. The molecule has 0 spiro atoms. The van der Waals surface area contributed by atoms with Crippen LogP contribution in [0.1, 0.15) is 20.7 Å². The molecule has 0 aromatic heterocycles. The molecule has 3 aromatic carbocycles. The Labute approximate surface area is 184 Å². The number of carboxylic acids is 1. The minimum absolute atomic E-state index is 0.0958. The molecule has 0 aliphatic carbocycles. The second-order valence-corrected chi connectivity index (χ2v) is 6.76. The maximum Gasteiger partial charge on any atom is 0.335 e. The van der Waals surface area contributed by atoms with Gasteiger partial charge >= 0.3 is 17.3 Å². The molecule has 0 bridgehead atoms. The molecule has 0 heterocycles. The first-order chi connectivity index (χ1) is 15.2. The summed E-state index contributed by atoms with van der Waals surface area (Å²) < 4.78 is 0. The number of amides is 1. The van der Waals surface area contributed by atoms with E-state index in [9.17, 15) is 29.8 Å². The smallest absolute Gasteiger partial charge is 0.335 e. The number of hydrogen-bond donors (Lipinski definition) is 3. The topological polar surface area (TPSA) is 165 Å². The molecule has 3 rings (SSSR count). The average molecular weight is 457 g/mol. The maximum atomic E-state index is 12.6. The maximum absolute atomic E-state index is 12.6. The van der Waals surface area contributed by atoms with Crippen molar-refractivity contribution < 1.29 is 24.5 Å². The zero-order valence-electron chi connectivity index (χ0n) is 15.9. The van der Waals surface area contributed by atoms with E-state index in [0.29, 0.717) is 0 Å². The zero-order valence-corrected chi connectivity index (χ0v) is 16.7. The molecule has 0 atom stereocenters. The van der Waals surface area contributed by atoms with Crippen LogP contribution in [0.5, 0.6) is 0 Å². The molecular weight excluding hydrogens is 444 g/mol. The summed E-state index contributed by atoms with van der Waals surface area (Å²) >= 11 is 6.04. The molecule has 11 nitrogen and oxygen atoms in total. The summed E-state index contributed by atoms with van der Waals surface area (Å²) in [5.41, 5.74) is -2.06. The van der Waals surface area contributed by atoms with E-state index in [-0.39, 0.29) is 27.5 Å². The van der Waals surface area contributed by atoms with Crippen LogP contribution in [-0.2, 0) is 0 Å². The average Bonchev–Trinajstić information content (AvgIpc) is 2.75. The lowest BCUT2D eigenvalue weighted by molar-refractivity contribution is -0.392. The Hall–Kier alpha value is -4.51. The number of nitro groups is 2. The van der Waals surface area contributed by atoms with Gasteiger partial charge in [-0.05, 0) is 30.3 Å². The number of carboxylic acid groups (broad SMARTS) is 1. The minimum atomic E-state index is -1.22. The van der Waals surface area contributed by atoms with E-state index in [0.717, 1.165) is 12.1 Å². The van der Waals surface area contributed by atoms with Crippen LogP contribution in [0.3, 0.4) is 0 Å². The summed E-state index contributed by atoms with van der Waals surface area (Å²) in [6.45, 7) is 0. The lowest BCUT2D eigenvalue weighted by Crippen LogP contribution is -2.14. The molecule has 0 unspecified atom stereocenters. The van der Waals surface area contributed by atoms with Crippen molar-refractivity contribution in [3.8, 4) is 0 Å². The summed E-state index contributed by atoms with van der Waals surface area (Å²) in [6, 6.07) is 13.2. The van der Waals surface area contributed by atoms with Gasteiger partial charge in [0.1, 0.15) is 0 Å².